The molecule has 226 valence electrons. The highest BCUT2D eigenvalue weighted by atomic mass is 35.5. The largest absolute Gasteiger partial charge is 0.392 e. The smallest absolute Gasteiger partial charge is 0.226 e. The minimum absolute atomic E-state index is 0.0228. The minimum atomic E-state index is -0.604. The number of nitrogens with zero attached hydrogens (tertiary/aromatic N) is 4. The second kappa shape index (κ2) is 13.5. The zero-order valence-corrected chi connectivity index (χ0v) is 26.1. The third kappa shape index (κ3) is 6.59. The van der Waals surface area contributed by atoms with Gasteiger partial charge in [0.25, 0.3) is 0 Å². The van der Waals surface area contributed by atoms with Crippen molar-refractivity contribution in [3.05, 3.63) is 91.8 Å². The van der Waals surface area contributed by atoms with Crippen LogP contribution in [0, 0.1) is 32.6 Å². The Morgan fingerprint density at radius 2 is 1.89 bits per heavy atom. The summed E-state index contributed by atoms with van der Waals surface area (Å²) in [6.45, 7) is 6.15. The molecule has 1 aliphatic rings. The standard InChI is InChI=1S/C32H32ClN7O3S/c1-18-19(2)44-32-29(18)30(22-6-9-24(33)10-7-22)37-26(31-39-38-20(3)40(31)32)16-28(43)35-14-12-27(42)36-25-11-8-21(5-4-13-34)23(15-25)17-41/h6-11,15,26,41H,12-14,16-17,34H2,1-3H3,(H,35,43)(H,36,42)/t26-/m0/s1. The summed E-state index contributed by atoms with van der Waals surface area (Å²) in [6.07, 6.45) is 0.0822. The number of halogens is 1. The number of aliphatic hydroxyl groups is 1. The number of aryl methyl sites for hydroxylation is 2. The van der Waals surface area contributed by atoms with Crippen LogP contribution in [0.1, 0.15) is 63.2 Å². The molecule has 0 saturated heterocycles. The number of carbonyl (C=O) groups is 2. The van der Waals surface area contributed by atoms with Gasteiger partial charge in [-0.15, -0.1) is 21.5 Å². The second-order valence-corrected chi connectivity index (χ2v) is 11.9. The van der Waals surface area contributed by atoms with Crippen molar-refractivity contribution in [1.82, 2.24) is 20.1 Å². The van der Waals surface area contributed by atoms with Gasteiger partial charge >= 0.3 is 0 Å². The van der Waals surface area contributed by atoms with Crippen LogP contribution in [-0.2, 0) is 16.2 Å². The van der Waals surface area contributed by atoms with E-state index in [1.54, 1.807) is 29.5 Å². The number of nitrogens with two attached hydrogens (primary N) is 1. The number of aliphatic imine (C=N–C) groups is 1. The number of aromatic nitrogens is 3. The van der Waals surface area contributed by atoms with Crippen LogP contribution in [0.15, 0.2) is 47.5 Å². The maximum atomic E-state index is 13.2. The summed E-state index contributed by atoms with van der Waals surface area (Å²) in [4.78, 5) is 32.1. The molecule has 10 nitrogen and oxygen atoms in total. The third-order valence-corrected chi connectivity index (χ3v) is 8.74. The van der Waals surface area contributed by atoms with Crippen molar-refractivity contribution in [3.8, 4) is 16.8 Å². The van der Waals surface area contributed by atoms with Crippen molar-refractivity contribution in [1.29, 1.82) is 0 Å². The van der Waals surface area contributed by atoms with E-state index in [1.807, 2.05) is 35.8 Å². The summed E-state index contributed by atoms with van der Waals surface area (Å²) in [5.41, 5.74) is 10.9. The van der Waals surface area contributed by atoms with E-state index in [0.717, 1.165) is 32.3 Å². The van der Waals surface area contributed by atoms with E-state index < -0.39 is 6.04 Å². The highest BCUT2D eigenvalue weighted by molar-refractivity contribution is 7.15. The maximum Gasteiger partial charge on any atom is 0.226 e. The maximum absolute atomic E-state index is 13.2. The topological polar surface area (TPSA) is 148 Å². The Labute approximate surface area is 264 Å². The number of fused-ring (bicyclic) bond motifs is 3. The number of carbonyl (C=O) groups excluding carboxylic acids is 2. The monoisotopic (exact) mass is 629 g/mol. The van der Waals surface area contributed by atoms with Crippen LogP contribution in [0.25, 0.3) is 5.00 Å². The van der Waals surface area contributed by atoms with Crippen LogP contribution in [-0.4, -0.2) is 50.5 Å². The van der Waals surface area contributed by atoms with Gasteiger partial charge in [0.1, 0.15) is 16.9 Å². The number of hydrogen-bond acceptors (Lipinski definition) is 8. The van der Waals surface area contributed by atoms with Crippen molar-refractivity contribution >= 4 is 46.2 Å². The number of hydrogen-bond donors (Lipinski definition) is 4. The summed E-state index contributed by atoms with van der Waals surface area (Å²) < 4.78 is 1.99. The summed E-state index contributed by atoms with van der Waals surface area (Å²) in [5, 5.41) is 25.7. The van der Waals surface area contributed by atoms with E-state index in [1.165, 1.54) is 0 Å². The van der Waals surface area contributed by atoms with Gasteiger partial charge in [0, 0.05) is 45.2 Å². The molecule has 5 rings (SSSR count). The van der Waals surface area contributed by atoms with E-state index in [2.05, 4.69) is 46.5 Å². The molecule has 12 heteroatoms. The first-order valence-electron chi connectivity index (χ1n) is 14.1. The van der Waals surface area contributed by atoms with Crippen molar-refractivity contribution in [3.63, 3.8) is 0 Å². The van der Waals surface area contributed by atoms with Gasteiger partial charge in [0.2, 0.25) is 11.8 Å². The average Bonchev–Trinajstić information content (AvgIpc) is 3.48. The highest BCUT2D eigenvalue weighted by Gasteiger charge is 2.32. The molecule has 0 saturated carbocycles. The van der Waals surface area contributed by atoms with Crippen LogP contribution in [0.2, 0.25) is 5.02 Å². The Morgan fingerprint density at radius 3 is 2.61 bits per heavy atom. The molecule has 4 aromatic rings. The molecule has 3 heterocycles. The lowest BCUT2D eigenvalue weighted by Gasteiger charge is -2.13. The zero-order valence-electron chi connectivity index (χ0n) is 24.6. The van der Waals surface area contributed by atoms with Crippen molar-refractivity contribution < 1.29 is 14.7 Å². The van der Waals surface area contributed by atoms with Crippen LogP contribution in [0.4, 0.5) is 5.69 Å². The van der Waals surface area contributed by atoms with Gasteiger partial charge in [-0.25, -0.2) is 0 Å². The Hall–Kier alpha value is -4.34. The fraction of sp³-hybridized carbons (Fsp3) is 0.281. The predicted octanol–water partition coefficient (Wildman–Crippen LogP) is 4.14. The summed E-state index contributed by atoms with van der Waals surface area (Å²) in [6, 6.07) is 12.0. The number of anilines is 1. The van der Waals surface area contributed by atoms with Crippen LogP contribution in [0.3, 0.4) is 0 Å². The summed E-state index contributed by atoms with van der Waals surface area (Å²) in [5.74, 6) is 6.40. The van der Waals surface area contributed by atoms with E-state index in [9.17, 15) is 14.7 Å². The molecule has 0 radical (unpaired) electrons. The Balaban J connectivity index is 1.31. The lowest BCUT2D eigenvalue weighted by atomic mass is 9.99. The lowest BCUT2D eigenvalue weighted by molar-refractivity contribution is -0.121. The van der Waals surface area contributed by atoms with Gasteiger partial charge in [0.05, 0.1) is 25.3 Å². The Morgan fingerprint density at radius 1 is 1.11 bits per heavy atom. The predicted molar refractivity (Wildman–Crippen MR) is 172 cm³/mol. The van der Waals surface area contributed by atoms with E-state index >= 15 is 0 Å². The molecular formula is C32H32ClN7O3S. The van der Waals surface area contributed by atoms with E-state index in [-0.39, 0.29) is 44.4 Å². The number of rotatable bonds is 8. The Bertz CT molecular complexity index is 1820. The number of benzene rings is 2. The van der Waals surface area contributed by atoms with Gasteiger partial charge in [-0.1, -0.05) is 35.6 Å². The lowest BCUT2D eigenvalue weighted by Crippen LogP contribution is -2.29. The van der Waals surface area contributed by atoms with Crippen molar-refractivity contribution in [2.45, 2.75) is 46.3 Å². The third-order valence-electron chi connectivity index (χ3n) is 7.29. The van der Waals surface area contributed by atoms with Crippen LogP contribution in [0.5, 0.6) is 0 Å². The average molecular weight is 630 g/mol. The second-order valence-electron chi connectivity index (χ2n) is 10.3. The number of thiophene rings is 1. The molecule has 0 aliphatic carbocycles. The molecule has 44 heavy (non-hydrogen) atoms. The quantitative estimate of drug-likeness (QED) is 0.215. The molecule has 0 unspecified atom stereocenters. The first-order chi connectivity index (χ1) is 21.2. The zero-order chi connectivity index (χ0) is 31.4. The number of nitrogens with one attached hydrogen (secondary N) is 2. The molecular weight excluding hydrogens is 598 g/mol. The molecule has 1 atom stereocenters. The molecule has 0 fully saturated rings. The minimum Gasteiger partial charge on any atom is -0.392 e. The molecule has 0 spiro atoms. The molecule has 2 amide bonds. The van der Waals surface area contributed by atoms with E-state index in [0.29, 0.717) is 33.5 Å². The van der Waals surface area contributed by atoms with Gasteiger partial charge in [-0.05, 0) is 62.2 Å². The summed E-state index contributed by atoms with van der Waals surface area (Å²) >= 11 is 7.83. The molecule has 0 bridgehead atoms. The first-order valence-corrected chi connectivity index (χ1v) is 15.2. The van der Waals surface area contributed by atoms with Gasteiger partial charge < -0.3 is 21.5 Å². The van der Waals surface area contributed by atoms with Crippen molar-refractivity contribution in [2.75, 3.05) is 18.4 Å². The van der Waals surface area contributed by atoms with Gasteiger partial charge in [-0.2, -0.15) is 0 Å². The summed E-state index contributed by atoms with van der Waals surface area (Å²) in [7, 11) is 0. The first kappa shape index (κ1) is 31.1. The molecule has 2 aromatic carbocycles. The Kier molecular flexibility index (Phi) is 9.56. The van der Waals surface area contributed by atoms with Crippen LogP contribution >= 0.6 is 22.9 Å². The highest BCUT2D eigenvalue weighted by Crippen LogP contribution is 2.39. The fourth-order valence-corrected chi connectivity index (χ4v) is 6.33. The molecule has 2 aromatic heterocycles. The fourth-order valence-electron chi connectivity index (χ4n) is 4.99. The van der Waals surface area contributed by atoms with Gasteiger partial charge in [0.15, 0.2) is 5.82 Å². The number of amides is 2. The van der Waals surface area contributed by atoms with Crippen LogP contribution < -0.4 is 16.4 Å². The normalized spacial score (nSPS) is 13.6. The number of aliphatic hydroxyl groups excluding tert-OH is 1. The SMILES string of the molecule is Cc1sc2c(c1C)C(c1ccc(Cl)cc1)=N[C@@H](CC(=O)NCCC(=O)Nc1ccc(C#CCN)c(CO)c1)c1nnc(C)n1-2. The van der Waals surface area contributed by atoms with E-state index in [4.69, 9.17) is 22.3 Å². The molecule has 1 aliphatic heterocycles. The van der Waals surface area contributed by atoms with Gasteiger partial charge in [-0.3, -0.25) is 19.1 Å². The molecule has 5 N–H and O–H groups in total. The van der Waals surface area contributed by atoms with Crippen molar-refractivity contribution in [2.24, 2.45) is 10.7 Å².